The Morgan fingerprint density at radius 1 is 1.18 bits per heavy atom. The highest BCUT2D eigenvalue weighted by Crippen LogP contribution is 2.10. The van der Waals surface area contributed by atoms with Gasteiger partial charge < -0.3 is 4.57 Å². The van der Waals surface area contributed by atoms with Gasteiger partial charge in [-0.2, -0.15) is 0 Å². The van der Waals surface area contributed by atoms with E-state index in [1.165, 1.54) is 16.3 Å². The number of benzene rings is 1. The molecule has 0 unspecified atom stereocenters. The number of nitrogens with zero attached hydrogens (tertiary/aromatic N) is 2. The van der Waals surface area contributed by atoms with E-state index in [2.05, 4.69) is 54.3 Å². The molecule has 0 aliphatic heterocycles. The van der Waals surface area contributed by atoms with Crippen LogP contribution in [0.25, 0.3) is 0 Å². The quantitative estimate of drug-likeness (QED) is 0.759. The Kier molecular flexibility index (Phi) is 3.20. The van der Waals surface area contributed by atoms with Gasteiger partial charge in [0.15, 0.2) is 0 Å². The smallest absolute Gasteiger partial charge is 0.0949 e. The third-order valence-electron chi connectivity index (χ3n) is 2.93. The summed E-state index contributed by atoms with van der Waals surface area (Å²) in [6.45, 7) is 10.3. The van der Waals surface area contributed by atoms with Crippen LogP contribution in [0.5, 0.6) is 0 Å². The van der Waals surface area contributed by atoms with Crippen molar-refractivity contribution in [3.63, 3.8) is 0 Å². The molecule has 0 amide bonds. The van der Waals surface area contributed by atoms with Crippen LogP contribution in [0.3, 0.4) is 0 Å². The first-order valence-corrected chi connectivity index (χ1v) is 9.52. The second kappa shape index (κ2) is 4.49. The first-order chi connectivity index (χ1) is 7.95. The first-order valence-electron chi connectivity index (χ1n) is 6.02. The van der Waals surface area contributed by atoms with Gasteiger partial charge in [-0.15, -0.1) is 0 Å². The minimum atomic E-state index is -1.22. The number of hydrogen-bond donors (Lipinski definition) is 0. The third-order valence-corrected chi connectivity index (χ3v) is 4.95. The summed E-state index contributed by atoms with van der Waals surface area (Å²) < 4.78 is 2.11. The standard InChI is InChI=1S/C14H20N2Si/c1-12-7-13(10-16-6-5-15-11-16)9-14(8-12)17(2,3)4/h5-9,11H,10H2,1-4H3. The summed E-state index contributed by atoms with van der Waals surface area (Å²) >= 11 is 0. The van der Waals surface area contributed by atoms with Gasteiger partial charge in [-0.25, -0.2) is 4.98 Å². The molecule has 2 aromatic rings. The lowest BCUT2D eigenvalue weighted by Crippen LogP contribution is -2.38. The lowest BCUT2D eigenvalue weighted by molar-refractivity contribution is 0.797. The number of rotatable bonds is 3. The van der Waals surface area contributed by atoms with Gasteiger partial charge in [0.2, 0.25) is 0 Å². The van der Waals surface area contributed by atoms with E-state index in [1.807, 2.05) is 18.7 Å². The molecule has 0 radical (unpaired) electrons. The van der Waals surface area contributed by atoms with Crippen LogP contribution < -0.4 is 5.19 Å². The van der Waals surface area contributed by atoms with Gasteiger partial charge in [0.25, 0.3) is 0 Å². The number of aromatic nitrogens is 2. The van der Waals surface area contributed by atoms with Crippen molar-refractivity contribution in [1.82, 2.24) is 9.55 Å². The first kappa shape index (κ1) is 12.1. The van der Waals surface area contributed by atoms with E-state index in [0.29, 0.717) is 0 Å². The van der Waals surface area contributed by atoms with Crippen LogP contribution in [0.15, 0.2) is 36.9 Å². The highest BCUT2D eigenvalue weighted by molar-refractivity contribution is 6.88. The van der Waals surface area contributed by atoms with Crippen LogP contribution in [0.4, 0.5) is 0 Å². The fraction of sp³-hybridized carbons (Fsp3) is 0.357. The Balaban J connectivity index is 2.32. The molecule has 1 aromatic carbocycles. The van der Waals surface area contributed by atoms with E-state index in [1.54, 1.807) is 0 Å². The van der Waals surface area contributed by atoms with E-state index in [0.717, 1.165) is 6.54 Å². The molecule has 0 aliphatic rings. The van der Waals surface area contributed by atoms with Crippen molar-refractivity contribution in [3.8, 4) is 0 Å². The minimum absolute atomic E-state index is 0.916. The summed E-state index contributed by atoms with van der Waals surface area (Å²) in [6.07, 6.45) is 5.71. The SMILES string of the molecule is Cc1cc(Cn2ccnc2)cc([Si](C)(C)C)c1. The molecule has 1 heterocycles. The maximum atomic E-state index is 4.08. The number of hydrogen-bond acceptors (Lipinski definition) is 1. The Hall–Kier alpha value is -1.35. The van der Waals surface area contributed by atoms with Crippen molar-refractivity contribution < 1.29 is 0 Å². The Labute approximate surface area is 104 Å². The van der Waals surface area contributed by atoms with E-state index < -0.39 is 8.07 Å². The number of imidazole rings is 1. The lowest BCUT2D eigenvalue weighted by atomic mass is 10.1. The average molecular weight is 244 g/mol. The van der Waals surface area contributed by atoms with Gasteiger partial charge in [-0.1, -0.05) is 48.6 Å². The van der Waals surface area contributed by atoms with E-state index >= 15 is 0 Å². The van der Waals surface area contributed by atoms with Gasteiger partial charge in [0, 0.05) is 18.9 Å². The van der Waals surface area contributed by atoms with Crippen molar-refractivity contribution in [3.05, 3.63) is 48.0 Å². The molecule has 0 N–H and O–H groups in total. The van der Waals surface area contributed by atoms with Crippen molar-refractivity contribution in [1.29, 1.82) is 0 Å². The normalized spacial score (nSPS) is 11.8. The highest BCUT2D eigenvalue weighted by Gasteiger charge is 2.17. The fourth-order valence-corrected chi connectivity index (χ4v) is 3.26. The van der Waals surface area contributed by atoms with Crippen molar-refractivity contribution in [2.45, 2.75) is 33.1 Å². The molecule has 2 rings (SSSR count). The summed E-state index contributed by atoms with van der Waals surface area (Å²) in [6, 6.07) is 6.96. The van der Waals surface area contributed by atoms with Crippen LogP contribution in [0, 0.1) is 6.92 Å². The fourth-order valence-electron chi connectivity index (χ4n) is 1.98. The second-order valence-corrected chi connectivity index (χ2v) is 10.8. The molecule has 0 aliphatic carbocycles. The topological polar surface area (TPSA) is 17.8 Å². The lowest BCUT2D eigenvalue weighted by Gasteiger charge is -2.19. The van der Waals surface area contributed by atoms with Crippen molar-refractivity contribution in [2.75, 3.05) is 0 Å². The van der Waals surface area contributed by atoms with Gasteiger partial charge in [-0.05, 0) is 12.5 Å². The molecule has 2 nitrogen and oxygen atoms in total. The van der Waals surface area contributed by atoms with E-state index in [-0.39, 0.29) is 0 Å². The molecule has 1 aromatic heterocycles. The summed E-state index contributed by atoms with van der Waals surface area (Å²) in [4.78, 5) is 4.08. The van der Waals surface area contributed by atoms with Crippen molar-refractivity contribution in [2.24, 2.45) is 0 Å². The largest absolute Gasteiger partial charge is 0.333 e. The predicted octanol–water partition coefficient (Wildman–Crippen LogP) is 2.79. The summed E-state index contributed by atoms with van der Waals surface area (Å²) in [5.74, 6) is 0. The molecule has 0 atom stereocenters. The van der Waals surface area contributed by atoms with Gasteiger partial charge in [0.1, 0.15) is 0 Å². The maximum absolute atomic E-state index is 4.08. The van der Waals surface area contributed by atoms with Crippen LogP contribution in [-0.2, 0) is 6.54 Å². The molecule has 0 fully saturated rings. The Morgan fingerprint density at radius 3 is 2.53 bits per heavy atom. The van der Waals surface area contributed by atoms with Gasteiger partial charge in [-0.3, -0.25) is 0 Å². The number of aryl methyl sites for hydroxylation is 1. The minimum Gasteiger partial charge on any atom is -0.333 e. The highest BCUT2D eigenvalue weighted by atomic mass is 28.3. The third kappa shape index (κ3) is 3.06. The maximum Gasteiger partial charge on any atom is 0.0949 e. The zero-order valence-corrected chi connectivity index (χ0v) is 12.1. The van der Waals surface area contributed by atoms with Gasteiger partial charge >= 0.3 is 0 Å². The molecule has 0 saturated carbocycles. The molecule has 90 valence electrons. The Morgan fingerprint density at radius 2 is 1.94 bits per heavy atom. The van der Waals surface area contributed by atoms with Crippen LogP contribution in [0.2, 0.25) is 19.6 Å². The molecule has 17 heavy (non-hydrogen) atoms. The van der Waals surface area contributed by atoms with Crippen LogP contribution in [0.1, 0.15) is 11.1 Å². The monoisotopic (exact) mass is 244 g/mol. The zero-order chi connectivity index (χ0) is 12.5. The Bertz CT molecular complexity index is 495. The van der Waals surface area contributed by atoms with Gasteiger partial charge in [0.05, 0.1) is 14.4 Å². The zero-order valence-electron chi connectivity index (χ0n) is 11.1. The predicted molar refractivity (Wildman–Crippen MR) is 75.5 cm³/mol. The average Bonchev–Trinajstić information content (AvgIpc) is 2.68. The second-order valence-electron chi connectivity index (χ2n) is 5.69. The van der Waals surface area contributed by atoms with Crippen LogP contribution in [-0.4, -0.2) is 17.6 Å². The van der Waals surface area contributed by atoms with E-state index in [9.17, 15) is 0 Å². The summed E-state index contributed by atoms with van der Waals surface area (Å²) in [5.41, 5.74) is 2.74. The molecule has 3 heteroatoms. The summed E-state index contributed by atoms with van der Waals surface area (Å²) in [5, 5.41) is 1.53. The molecule has 0 bridgehead atoms. The molecule has 0 saturated heterocycles. The molecular formula is C14H20N2Si. The molecule has 0 spiro atoms. The summed E-state index contributed by atoms with van der Waals surface area (Å²) in [7, 11) is -1.22. The van der Waals surface area contributed by atoms with Crippen LogP contribution >= 0.6 is 0 Å². The molecular weight excluding hydrogens is 224 g/mol. The van der Waals surface area contributed by atoms with Crippen molar-refractivity contribution >= 4 is 13.3 Å². The van der Waals surface area contributed by atoms with E-state index in [4.69, 9.17) is 0 Å².